The van der Waals surface area contributed by atoms with Gasteiger partial charge in [0.15, 0.2) is 5.78 Å². The Balaban J connectivity index is 2.12. The third kappa shape index (κ3) is 2.18. The maximum Gasteiger partial charge on any atom is 0.217 e. The first-order valence-electron chi connectivity index (χ1n) is 8.51. The number of ketones is 1. The summed E-state index contributed by atoms with van der Waals surface area (Å²) in [4.78, 5) is 10.0. The normalized spacial score (nSPS) is 44.7. The average molecular weight is 444 g/mol. The lowest BCUT2D eigenvalue weighted by molar-refractivity contribution is -0.220. The second kappa shape index (κ2) is 6.62. The summed E-state index contributed by atoms with van der Waals surface area (Å²) in [6, 6.07) is 0. The number of Topliss-reactive ketones (excluding diaryl/α,β-unsaturated/α-hetero) is 1. The molecule has 5 atom stereocenters. The molecule has 0 saturated heterocycles. The summed E-state index contributed by atoms with van der Waals surface area (Å²) in [5.41, 5.74) is -1.45. The Hall–Kier alpha value is 0.190. The van der Waals surface area contributed by atoms with Gasteiger partial charge in [0.05, 0.1) is 10.1 Å². The lowest BCUT2D eigenvalue weighted by atomic mass is 9.71. The van der Waals surface area contributed by atoms with Crippen LogP contribution in [-0.2, 0) is 14.3 Å². The summed E-state index contributed by atoms with van der Waals surface area (Å²) in [5, 5.41) is 11.2. The lowest BCUT2D eigenvalue weighted by Gasteiger charge is -2.41. The van der Waals surface area contributed by atoms with E-state index in [0.29, 0.717) is 12.8 Å². The van der Waals surface area contributed by atoms with Crippen molar-refractivity contribution < 1.29 is 19.4 Å². The molecule has 0 heterocycles. The second-order valence-electron chi connectivity index (χ2n) is 7.31. The molecule has 0 radical (unpaired) electrons. The molecule has 0 spiro atoms. The van der Waals surface area contributed by atoms with E-state index in [2.05, 4.69) is 6.58 Å². The van der Waals surface area contributed by atoms with Crippen molar-refractivity contribution >= 4 is 52.2 Å². The summed E-state index contributed by atoms with van der Waals surface area (Å²) in [6.07, 6.45) is 2.94. The molecule has 8 heteroatoms. The minimum Gasteiger partial charge on any atom is -0.382 e. The molecule has 3 aliphatic rings. The molecule has 0 unspecified atom stereocenters. The number of hydrogen-bond donors (Lipinski definition) is 1. The molecule has 2 fully saturated rings. The number of alkyl halides is 2. The van der Waals surface area contributed by atoms with Gasteiger partial charge in [0.25, 0.3) is 0 Å². The molecule has 1 N–H and O–H groups in total. The van der Waals surface area contributed by atoms with Crippen LogP contribution < -0.4 is 0 Å². The maximum absolute atomic E-state index is 12.6. The highest BCUT2D eigenvalue weighted by Crippen LogP contribution is 2.75. The van der Waals surface area contributed by atoms with Crippen molar-refractivity contribution in [1.82, 2.24) is 0 Å². The number of carbonyl (C=O) groups is 1. The second-order valence-corrected chi connectivity index (χ2v) is 9.26. The van der Waals surface area contributed by atoms with E-state index in [4.69, 9.17) is 55.9 Å². The number of hydrogen-bond acceptors (Lipinski definition) is 4. The van der Waals surface area contributed by atoms with Crippen molar-refractivity contribution in [3.63, 3.8) is 0 Å². The molecule has 146 valence electrons. The topological polar surface area (TPSA) is 55.8 Å². The van der Waals surface area contributed by atoms with Gasteiger partial charge in [-0.3, -0.25) is 4.79 Å². The SMILES string of the molecule is C=CC[C@@]1(O)CC[C@H]2[C@@H](CCC1=O)[C@@]1(Cl)C(Cl)=C(Cl)[C@]2(Cl)C1(OC)OC. The van der Waals surface area contributed by atoms with E-state index in [1.165, 1.54) is 14.2 Å². The van der Waals surface area contributed by atoms with E-state index < -0.39 is 21.1 Å². The molecule has 4 nitrogen and oxygen atoms in total. The highest BCUT2D eigenvalue weighted by Gasteiger charge is 2.84. The van der Waals surface area contributed by atoms with E-state index in [1.807, 2.05) is 0 Å². The average Bonchev–Trinajstić information content (AvgIpc) is 2.85. The lowest BCUT2D eigenvalue weighted by Crippen LogP contribution is -2.57. The molecule has 0 aromatic rings. The Morgan fingerprint density at radius 3 is 2.12 bits per heavy atom. The Morgan fingerprint density at radius 1 is 1.15 bits per heavy atom. The van der Waals surface area contributed by atoms with Crippen molar-refractivity contribution in [1.29, 1.82) is 0 Å². The number of carbonyl (C=O) groups excluding carboxylic acids is 1. The third-order valence-electron chi connectivity index (χ3n) is 6.42. The molecule has 2 saturated carbocycles. The Bertz CT molecular complexity index is 676. The first kappa shape index (κ1) is 20.9. The van der Waals surface area contributed by atoms with Crippen LogP contribution in [0.25, 0.3) is 0 Å². The smallest absolute Gasteiger partial charge is 0.217 e. The minimum atomic E-state index is -1.46. The van der Waals surface area contributed by atoms with Crippen molar-refractivity contribution in [3.8, 4) is 0 Å². The summed E-state index contributed by atoms with van der Waals surface area (Å²) < 4.78 is 11.4. The van der Waals surface area contributed by atoms with Gasteiger partial charge in [0.1, 0.15) is 15.3 Å². The number of ether oxygens (including phenoxy) is 2. The predicted octanol–water partition coefficient (Wildman–Crippen LogP) is 4.33. The number of methoxy groups -OCH3 is 2. The minimum absolute atomic E-state index is 0.151. The molecule has 3 rings (SSSR count). The zero-order valence-corrected chi connectivity index (χ0v) is 17.7. The monoisotopic (exact) mass is 442 g/mol. The van der Waals surface area contributed by atoms with Gasteiger partial charge in [0.2, 0.25) is 5.79 Å². The molecule has 3 aliphatic carbocycles. The number of rotatable bonds is 4. The van der Waals surface area contributed by atoms with Crippen molar-refractivity contribution in [3.05, 3.63) is 22.7 Å². The largest absolute Gasteiger partial charge is 0.382 e. The van der Waals surface area contributed by atoms with Gasteiger partial charge in [0, 0.05) is 27.1 Å². The van der Waals surface area contributed by atoms with Crippen LogP contribution in [0, 0.1) is 11.8 Å². The third-order valence-corrected chi connectivity index (χ3v) is 9.12. The fourth-order valence-corrected chi connectivity index (χ4v) is 7.52. The van der Waals surface area contributed by atoms with Crippen molar-refractivity contribution in [2.75, 3.05) is 14.2 Å². The predicted molar refractivity (Wildman–Crippen MR) is 103 cm³/mol. The van der Waals surface area contributed by atoms with E-state index in [1.54, 1.807) is 6.08 Å². The van der Waals surface area contributed by atoms with Crippen LogP contribution >= 0.6 is 46.4 Å². The molecule has 0 aromatic heterocycles. The van der Waals surface area contributed by atoms with Gasteiger partial charge in [-0.25, -0.2) is 0 Å². The van der Waals surface area contributed by atoms with E-state index in [9.17, 15) is 9.90 Å². The van der Waals surface area contributed by atoms with E-state index in [0.717, 1.165) is 0 Å². The number of halogens is 4. The van der Waals surface area contributed by atoms with Crippen LogP contribution in [0.5, 0.6) is 0 Å². The quantitative estimate of drug-likeness (QED) is 0.399. The van der Waals surface area contributed by atoms with Crippen LogP contribution in [0.3, 0.4) is 0 Å². The number of aliphatic hydroxyl groups is 1. The fourth-order valence-electron chi connectivity index (χ4n) is 5.23. The Labute approximate surface area is 173 Å². The van der Waals surface area contributed by atoms with Crippen LogP contribution in [0.4, 0.5) is 0 Å². The summed E-state index contributed by atoms with van der Waals surface area (Å²) in [5.74, 6) is -2.25. The standard InChI is InChI=1S/C18H22Cl4O4/c1-4-8-15(24)9-7-11-10(5-6-12(15)23)16(21)13(19)14(20)17(11,22)18(16,25-2)26-3/h4,10-11,24H,1,5-9H2,2-3H3/t10-,11+,15-,16-,17+/m1/s1. The van der Waals surface area contributed by atoms with Crippen LogP contribution in [0.15, 0.2) is 22.7 Å². The molecular formula is C18H22Cl4O4. The summed E-state index contributed by atoms with van der Waals surface area (Å²) in [6.45, 7) is 3.64. The summed E-state index contributed by atoms with van der Waals surface area (Å²) in [7, 11) is 2.91. The first-order chi connectivity index (χ1) is 12.1. The molecule has 0 aliphatic heterocycles. The molecule has 0 aromatic carbocycles. The van der Waals surface area contributed by atoms with Gasteiger partial charge in [-0.05, 0) is 31.1 Å². The van der Waals surface area contributed by atoms with Crippen LogP contribution in [-0.4, -0.2) is 46.2 Å². The summed E-state index contributed by atoms with van der Waals surface area (Å²) >= 11 is 27.1. The van der Waals surface area contributed by atoms with E-state index >= 15 is 0 Å². The van der Waals surface area contributed by atoms with Gasteiger partial charge in [-0.15, -0.1) is 29.8 Å². The zero-order chi connectivity index (χ0) is 19.5. The first-order valence-corrected chi connectivity index (χ1v) is 10.0. The fraction of sp³-hybridized carbons (Fsp3) is 0.722. The van der Waals surface area contributed by atoms with E-state index in [-0.39, 0.29) is 46.9 Å². The Kier molecular flexibility index (Phi) is 5.32. The molecular weight excluding hydrogens is 422 g/mol. The zero-order valence-electron chi connectivity index (χ0n) is 14.7. The highest BCUT2D eigenvalue weighted by molar-refractivity contribution is 6.52. The van der Waals surface area contributed by atoms with Crippen LogP contribution in [0.2, 0.25) is 0 Å². The number of fused-ring (bicyclic) bond motifs is 5. The van der Waals surface area contributed by atoms with Gasteiger partial charge >= 0.3 is 0 Å². The van der Waals surface area contributed by atoms with Gasteiger partial charge < -0.3 is 14.6 Å². The maximum atomic E-state index is 12.6. The van der Waals surface area contributed by atoms with Crippen molar-refractivity contribution in [2.45, 2.75) is 53.2 Å². The van der Waals surface area contributed by atoms with Crippen LogP contribution in [0.1, 0.15) is 32.1 Å². The molecule has 26 heavy (non-hydrogen) atoms. The molecule has 2 bridgehead atoms. The van der Waals surface area contributed by atoms with Gasteiger partial charge in [-0.2, -0.15) is 0 Å². The van der Waals surface area contributed by atoms with Crippen molar-refractivity contribution in [2.24, 2.45) is 11.8 Å². The van der Waals surface area contributed by atoms with Gasteiger partial charge in [-0.1, -0.05) is 29.3 Å². The molecule has 0 amide bonds. The Morgan fingerprint density at radius 2 is 1.65 bits per heavy atom. The highest BCUT2D eigenvalue weighted by atomic mass is 35.5.